The molecule has 0 bridgehead atoms. The molecule has 2 atom stereocenters. The van der Waals surface area contributed by atoms with Crippen LogP contribution in [-0.4, -0.2) is 81.8 Å². The Balaban J connectivity index is 1.84. The fourth-order valence-electron chi connectivity index (χ4n) is 5.57. The first-order valence-electron chi connectivity index (χ1n) is 15.7. The lowest BCUT2D eigenvalue weighted by atomic mass is 9.97. The number of aliphatic carboxylic acids is 1. The van der Waals surface area contributed by atoms with Crippen LogP contribution in [0.25, 0.3) is 11.1 Å². The monoisotopic (exact) mass is 662 g/mol. The fourth-order valence-corrected chi connectivity index (χ4v) is 8.54. The van der Waals surface area contributed by atoms with Crippen LogP contribution in [0, 0.1) is 5.82 Å². The summed E-state index contributed by atoms with van der Waals surface area (Å²) in [6, 6.07) is 13.9. The van der Waals surface area contributed by atoms with Crippen molar-refractivity contribution in [2.24, 2.45) is 0 Å². The van der Waals surface area contributed by atoms with E-state index in [1.807, 2.05) is 29.2 Å². The van der Waals surface area contributed by atoms with Gasteiger partial charge in [-0.1, -0.05) is 42.5 Å². The summed E-state index contributed by atoms with van der Waals surface area (Å²) in [7, 11) is -3.69. The molecule has 10 nitrogen and oxygen atoms in total. The molecule has 1 aliphatic heterocycles. The number of imide groups is 1. The minimum atomic E-state index is -3.69. The summed E-state index contributed by atoms with van der Waals surface area (Å²) < 4.78 is 45.6. The Hall–Kier alpha value is -3.27. The number of carbonyl (C=O) groups is 3. The molecule has 1 saturated heterocycles. The molecule has 0 saturated carbocycles. The number of amides is 2. The van der Waals surface area contributed by atoms with Gasteiger partial charge in [-0.3, -0.25) is 14.3 Å². The molecule has 1 heterocycles. The zero-order valence-corrected chi connectivity index (χ0v) is 28.9. The van der Waals surface area contributed by atoms with Crippen molar-refractivity contribution >= 4 is 25.5 Å². The Morgan fingerprint density at radius 1 is 0.935 bits per heavy atom. The summed E-state index contributed by atoms with van der Waals surface area (Å²) in [5.41, 5.74) is 0.241. The SMILES string of the molecule is CCOP1(=O)CCN(Cc2ccccc2-c2ccccc2F)CC1(CCCCN(C(=O)OC(C)(C)C)C(=O)OC(C)(C)C)C(=O)O. The molecule has 0 aromatic heterocycles. The van der Waals surface area contributed by atoms with E-state index < -0.39 is 41.9 Å². The Kier molecular flexibility index (Phi) is 12.2. The molecular weight excluding hydrogens is 614 g/mol. The van der Waals surface area contributed by atoms with Gasteiger partial charge in [-0.05, 0) is 84.9 Å². The second-order valence-electron chi connectivity index (χ2n) is 13.6. The van der Waals surface area contributed by atoms with E-state index in [0.717, 1.165) is 10.5 Å². The van der Waals surface area contributed by atoms with E-state index in [1.54, 1.807) is 66.7 Å². The molecule has 0 radical (unpaired) electrons. The molecule has 1 N–H and O–H groups in total. The van der Waals surface area contributed by atoms with Gasteiger partial charge < -0.3 is 19.1 Å². The normalized spacial score (nSPS) is 20.6. The zero-order valence-electron chi connectivity index (χ0n) is 28.0. The van der Waals surface area contributed by atoms with Crippen molar-refractivity contribution in [3.8, 4) is 11.1 Å². The van der Waals surface area contributed by atoms with Crippen molar-refractivity contribution < 1.29 is 42.4 Å². The molecule has 46 heavy (non-hydrogen) atoms. The van der Waals surface area contributed by atoms with Crippen molar-refractivity contribution in [2.45, 2.75) is 90.6 Å². The predicted octanol–water partition coefficient (Wildman–Crippen LogP) is 7.79. The number of ether oxygens (including phenoxy) is 2. The van der Waals surface area contributed by atoms with Crippen LogP contribution in [0.3, 0.4) is 0 Å². The van der Waals surface area contributed by atoms with Crippen LogP contribution in [0.1, 0.15) is 73.3 Å². The molecule has 2 unspecified atom stereocenters. The summed E-state index contributed by atoms with van der Waals surface area (Å²) in [6.45, 7) is 12.4. The minimum absolute atomic E-state index is 0.0124. The van der Waals surface area contributed by atoms with Crippen LogP contribution in [0.5, 0.6) is 0 Å². The number of halogens is 1. The molecule has 2 aromatic carbocycles. The van der Waals surface area contributed by atoms with Crippen LogP contribution in [0.15, 0.2) is 48.5 Å². The van der Waals surface area contributed by atoms with E-state index in [4.69, 9.17) is 14.0 Å². The van der Waals surface area contributed by atoms with Crippen LogP contribution >= 0.6 is 7.37 Å². The highest BCUT2D eigenvalue weighted by Gasteiger charge is 2.58. The fraction of sp³-hybridized carbons (Fsp3) is 0.559. The Bertz CT molecular complexity index is 1410. The van der Waals surface area contributed by atoms with Crippen LogP contribution in [-0.2, 0) is 29.9 Å². The van der Waals surface area contributed by atoms with Gasteiger partial charge in [0.2, 0.25) is 7.37 Å². The lowest BCUT2D eigenvalue weighted by Gasteiger charge is -2.45. The topological polar surface area (TPSA) is 123 Å². The molecule has 254 valence electrons. The van der Waals surface area contributed by atoms with Gasteiger partial charge in [-0.15, -0.1) is 0 Å². The third kappa shape index (κ3) is 9.39. The van der Waals surface area contributed by atoms with Crippen molar-refractivity contribution in [3.05, 3.63) is 59.9 Å². The zero-order chi connectivity index (χ0) is 34.3. The number of benzene rings is 2. The lowest BCUT2D eigenvalue weighted by molar-refractivity contribution is -0.141. The Labute approximate surface area is 271 Å². The summed E-state index contributed by atoms with van der Waals surface area (Å²) in [4.78, 5) is 41.7. The van der Waals surface area contributed by atoms with Crippen LogP contribution in [0.4, 0.5) is 14.0 Å². The quantitative estimate of drug-likeness (QED) is 0.190. The van der Waals surface area contributed by atoms with Crippen LogP contribution in [0.2, 0.25) is 0 Å². The van der Waals surface area contributed by atoms with E-state index in [-0.39, 0.29) is 50.9 Å². The van der Waals surface area contributed by atoms with Crippen molar-refractivity contribution in [1.82, 2.24) is 9.80 Å². The molecule has 2 aromatic rings. The van der Waals surface area contributed by atoms with Gasteiger partial charge in [-0.2, -0.15) is 0 Å². The number of carboxylic acids is 1. The number of hydrogen-bond donors (Lipinski definition) is 1. The molecule has 0 aliphatic carbocycles. The summed E-state index contributed by atoms with van der Waals surface area (Å²) in [5.74, 6) is -1.59. The lowest BCUT2D eigenvalue weighted by Crippen LogP contribution is -2.54. The van der Waals surface area contributed by atoms with Gasteiger partial charge in [0.25, 0.3) is 0 Å². The number of unbranched alkanes of at least 4 members (excludes halogenated alkanes) is 1. The highest BCUT2D eigenvalue weighted by atomic mass is 31.2. The summed E-state index contributed by atoms with van der Waals surface area (Å²) in [6.07, 6.45) is -1.27. The van der Waals surface area contributed by atoms with Gasteiger partial charge in [0.1, 0.15) is 17.0 Å². The number of carboxylic acid groups (broad SMARTS) is 1. The van der Waals surface area contributed by atoms with Crippen molar-refractivity contribution in [3.63, 3.8) is 0 Å². The number of carbonyl (C=O) groups excluding carboxylic acids is 2. The van der Waals surface area contributed by atoms with Crippen LogP contribution < -0.4 is 0 Å². The maximum Gasteiger partial charge on any atom is 0.419 e. The average molecular weight is 663 g/mol. The summed E-state index contributed by atoms with van der Waals surface area (Å²) >= 11 is 0. The first-order chi connectivity index (χ1) is 21.4. The van der Waals surface area contributed by atoms with Gasteiger partial charge in [0.15, 0.2) is 5.16 Å². The van der Waals surface area contributed by atoms with E-state index in [1.165, 1.54) is 6.07 Å². The minimum Gasteiger partial charge on any atom is -0.480 e. The first kappa shape index (κ1) is 37.2. The molecule has 3 rings (SSSR count). The Morgan fingerprint density at radius 3 is 2.04 bits per heavy atom. The highest BCUT2D eigenvalue weighted by Crippen LogP contribution is 2.63. The molecular formula is C34H48FN2O8P. The predicted molar refractivity (Wildman–Crippen MR) is 175 cm³/mol. The Morgan fingerprint density at radius 2 is 1.50 bits per heavy atom. The van der Waals surface area contributed by atoms with Crippen molar-refractivity contribution in [1.29, 1.82) is 0 Å². The first-order valence-corrected chi connectivity index (χ1v) is 17.5. The number of rotatable bonds is 11. The summed E-state index contributed by atoms with van der Waals surface area (Å²) in [5, 5.41) is 8.93. The third-order valence-electron chi connectivity index (χ3n) is 7.61. The van der Waals surface area contributed by atoms with E-state index in [9.17, 15) is 28.4 Å². The molecule has 1 aliphatic rings. The molecule has 1 fully saturated rings. The van der Waals surface area contributed by atoms with Gasteiger partial charge in [-0.25, -0.2) is 18.9 Å². The van der Waals surface area contributed by atoms with E-state index >= 15 is 0 Å². The third-order valence-corrected chi connectivity index (χ3v) is 10.9. The van der Waals surface area contributed by atoms with E-state index in [0.29, 0.717) is 24.2 Å². The average Bonchev–Trinajstić information content (AvgIpc) is 2.93. The number of hydrogen-bond acceptors (Lipinski definition) is 8. The second-order valence-corrected chi connectivity index (χ2v) is 16.5. The van der Waals surface area contributed by atoms with Crippen molar-refractivity contribution in [2.75, 3.05) is 32.4 Å². The second kappa shape index (κ2) is 15.1. The standard InChI is InChI=1S/C34H48FN2O8P/c1-8-43-46(42)22-21-36(23-25-15-9-10-16-26(25)27-17-11-12-18-28(27)35)24-34(46,29(38)39)19-13-14-20-37(30(40)44-32(2,3)4)31(41)45-33(5,6)7/h9-12,15-18H,8,13-14,19-24H2,1-7H3,(H,38,39). The number of nitrogens with zero attached hydrogens (tertiary/aromatic N) is 2. The molecule has 2 amide bonds. The van der Waals surface area contributed by atoms with E-state index in [2.05, 4.69) is 0 Å². The maximum atomic E-state index is 14.7. The van der Waals surface area contributed by atoms with Gasteiger partial charge >= 0.3 is 18.2 Å². The maximum absolute atomic E-state index is 14.7. The smallest absolute Gasteiger partial charge is 0.419 e. The molecule has 0 spiro atoms. The van der Waals surface area contributed by atoms with Gasteiger partial charge in [0.05, 0.1) is 6.61 Å². The van der Waals surface area contributed by atoms with Gasteiger partial charge in [0, 0.05) is 37.9 Å². The molecule has 12 heteroatoms. The largest absolute Gasteiger partial charge is 0.480 e. The highest BCUT2D eigenvalue weighted by molar-refractivity contribution is 7.62.